The highest BCUT2D eigenvalue weighted by Crippen LogP contribution is 2.20. The quantitative estimate of drug-likeness (QED) is 0.524. The third kappa shape index (κ3) is 5.40. The predicted octanol–water partition coefficient (Wildman–Crippen LogP) is 2.88. The van der Waals surface area contributed by atoms with Crippen LogP contribution in [0.4, 0.5) is 0 Å². The van der Waals surface area contributed by atoms with Crippen LogP contribution in [-0.4, -0.2) is 27.1 Å². The van der Waals surface area contributed by atoms with E-state index >= 15 is 0 Å². The lowest BCUT2D eigenvalue weighted by Gasteiger charge is -2.30. The molecule has 0 saturated heterocycles. The average Bonchev–Trinajstić information content (AvgIpc) is 2.12. The largest absolute Gasteiger partial charge is 0.414 e. The van der Waals surface area contributed by atoms with Crippen LogP contribution in [-0.2, 0) is 4.43 Å². The Morgan fingerprint density at radius 3 is 2.36 bits per heavy atom. The van der Waals surface area contributed by atoms with E-state index in [0.29, 0.717) is 17.7 Å². The smallest absolute Gasteiger partial charge is 0.189 e. The fourth-order valence-electron chi connectivity index (χ4n) is 0.707. The van der Waals surface area contributed by atoms with Gasteiger partial charge in [0.1, 0.15) is 0 Å². The highest BCUT2D eigenvalue weighted by atomic mass is 35.5. The van der Waals surface area contributed by atoms with Gasteiger partial charge in [0.05, 0.1) is 5.60 Å². The van der Waals surface area contributed by atoms with Crippen LogP contribution in [0.3, 0.4) is 0 Å². The minimum atomic E-state index is -0.688. The zero-order valence-corrected chi connectivity index (χ0v) is 12.4. The van der Waals surface area contributed by atoms with Crippen LogP contribution in [0, 0.1) is 5.92 Å². The lowest BCUT2D eigenvalue weighted by atomic mass is 9.95. The number of hydrogen-bond donors (Lipinski definition) is 0. The second-order valence-electron chi connectivity index (χ2n) is 4.20. The Kier molecular flexibility index (Phi) is 7.13. The van der Waals surface area contributed by atoms with Crippen molar-refractivity contribution in [1.82, 2.24) is 0 Å². The molecule has 0 unspecified atom stereocenters. The van der Waals surface area contributed by atoms with Crippen molar-refractivity contribution in [3.05, 3.63) is 11.3 Å². The standard InChI is InChI=1S/C10H20Cl2OSi/c1-8(2)10(3,4)13-14-9(7-12)5-6-11/h5,8H,6-7,14H2,1-4H3. The van der Waals surface area contributed by atoms with Gasteiger partial charge in [-0.25, -0.2) is 0 Å². The van der Waals surface area contributed by atoms with Crippen molar-refractivity contribution in [3.8, 4) is 0 Å². The van der Waals surface area contributed by atoms with E-state index < -0.39 is 9.76 Å². The van der Waals surface area contributed by atoms with Crippen molar-refractivity contribution in [2.24, 2.45) is 5.92 Å². The molecule has 84 valence electrons. The molecular weight excluding hydrogens is 235 g/mol. The molecular formula is C10H20Cl2OSi. The van der Waals surface area contributed by atoms with E-state index in [9.17, 15) is 0 Å². The van der Waals surface area contributed by atoms with Crippen LogP contribution in [0.5, 0.6) is 0 Å². The summed E-state index contributed by atoms with van der Waals surface area (Å²) in [6, 6.07) is 0. The molecule has 0 spiro atoms. The molecule has 0 aliphatic carbocycles. The highest BCUT2D eigenvalue weighted by molar-refractivity contribution is 6.42. The first kappa shape index (κ1) is 14.5. The molecule has 0 radical (unpaired) electrons. The van der Waals surface area contributed by atoms with Crippen molar-refractivity contribution in [2.45, 2.75) is 33.3 Å². The Labute approximate surface area is 99.8 Å². The van der Waals surface area contributed by atoms with Gasteiger partial charge in [-0.15, -0.1) is 23.2 Å². The summed E-state index contributed by atoms with van der Waals surface area (Å²) in [4.78, 5) is 0. The molecule has 4 heteroatoms. The van der Waals surface area contributed by atoms with Crippen LogP contribution in [0.25, 0.3) is 0 Å². The number of hydrogen-bond acceptors (Lipinski definition) is 1. The van der Waals surface area contributed by atoms with Crippen LogP contribution < -0.4 is 0 Å². The summed E-state index contributed by atoms with van der Waals surface area (Å²) < 4.78 is 5.92. The van der Waals surface area contributed by atoms with Gasteiger partial charge in [-0.1, -0.05) is 19.9 Å². The number of rotatable bonds is 6. The minimum Gasteiger partial charge on any atom is -0.414 e. The summed E-state index contributed by atoms with van der Waals surface area (Å²) in [6.45, 7) is 8.58. The van der Waals surface area contributed by atoms with Crippen molar-refractivity contribution in [2.75, 3.05) is 11.8 Å². The Bertz CT molecular complexity index is 191. The van der Waals surface area contributed by atoms with E-state index in [1.54, 1.807) is 0 Å². The van der Waals surface area contributed by atoms with E-state index in [-0.39, 0.29) is 5.60 Å². The third-order valence-corrected chi connectivity index (χ3v) is 5.17. The summed E-state index contributed by atoms with van der Waals surface area (Å²) >= 11 is 11.4. The molecule has 0 aliphatic rings. The molecule has 0 aromatic rings. The van der Waals surface area contributed by atoms with Crippen LogP contribution in [0.2, 0.25) is 0 Å². The molecule has 0 aromatic heterocycles. The number of allylic oxidation sites excluding steroid dienone is 2. The third-order valence-electron chi connectivity index (χ3n) is 2.56. The van der Waals surface area contributed by atoms with Gasteiger partial charge in [-0.2, -0.15) is 0 Å². The van der Waals surface area contributed by atoms with Gasteiger partial charge < -0.3 is 4.43 Å². The molecule has 0 atom stereocenters. The second-order valence-corrected chi connectivity index (χ2v) is 6.26. The average molecular weight is 255 g/mol. The van der Waals surface area contributed by atoms with Crippen LogP contribution >= 0.6 is 23.2 Å². The molecule has 0 saturated carbocycles. The fraction of sp³-hybridized carbons (Fsp3) is 0.800. The lowest BCUT2D eigenvalue weighted by molar-refractivity contribution is 0.0659. The van der Waals surface area contributed by atoms with Gasteiger partial charge >= 0.3 is 0 Å². The Hall–Kier alpha value is 0.497. The van der Waals surface area contributed by atoms with Gasteiger partial charge in [0.2, 0.25) is 0 Å². The topological polar surface area (TPSA) is 9.23 Å². The highest BCUT2D eigenvalue weighted by Gasteiger charge is 2.22. The monoisotopic (exact) mass is 254 g/mol. The molecule has 0 rings (SSSR count). The van der Waals surface area contributed by atoms with E-state index in [0.717, 1.165) is 0 Å². The Morgan fingerprint density at radius 2 is 2.00 bits per heavy atom. The van der Waals surface area contributed by atoms with Gasteiger partial charge in [0, 0.05) is 11.8 Å². The van der Waals surface area contributed by atoms with Crippen LogP contribution in [0.15, 0.2) is 11.3 Å². The van der Waals surface area contributed by atoms with E-state index in [1.807, 2.05) is 6.08 Å². The summed E-state index contributed by atoms with van der Waals surface area (Å²) in [7, 11) is -0.688. The second kappa shape index (κ2) is 6.89. The molecule has 0 amide bonds. The molecule has 14 heavy (non-hydrogen) atoms. The first-order valence-electron chi connectivity index (χ1n) is 4.87. The maximum absolute atomic E-state index is 5.92. The minimum absolute atomic E-state index is 0.0519. The molecule has 0 N–H and O–H groups in total. The lowest BCUT2D eigenvalue weighted by Crippen LogP contribution is -2.33. The molecule has 0 bridgehead atoms. The molecule has 1 nitrogen and oxygen atoms in total. The molecule has 0 fully saturated rings. The summed E-state index contributed by atoms with van der Waals surface area (Å²) in [6.07, 6.45) is 1.97. The van der Waals surface area contributed by atoms with Gasteiger partial charge in [0.25, 0.3) is 0 Å². The zero-order valence-electron chi connectivity index (χ0n) is 9.44. The van der Waals surface area contributed by atoms with Crippen molar-refractivity contribution < 1.29 is 4.43 Å². The first-order valence-corrected chi connectivity index (χ1v) is 7.23. The van der Waals surface area contributed by atoms with E-state index in [2.05, 4.69) is 27.7 Å². The Balaban J connectivity index is 4.09. The maximum atomic E-state index is 5.92. The van der Waals surface area contributed by atoms with Crippen LogP contribution in [0.1, 0.15) is 27.7 Å². The van der Waals surface area contributed by atoms with Gasteiger partial charge in [-0.3, -0.25) is 0 Å². The van der Waals surface area contributed by atoms with Crippen molar-refractivity contribution >= 4 is 33.0 Å². The maximum Gasteiger partial charge on any atom is 0.189 e. The normalized spacial score (nSPS) is 14.6. The summed E-state index contributed by atoms with van der Waals surface area (Å²) in [5, 5.41) is 1.19. The SMILES string of the molecule is CC(C)C(C)(C)O[SiH2]C(=CCCl)CCl. The molecule has 0 aromatic carbocycles. The first-order chi connectivity index (χ1) is 6.44. The summed E-state index contributed by atoms with van der Waals surface area (Å²) in [5.74, 6) is 1.59. The van der Waals surface area contributed by atoms with E-state index in [4.69, 9.17) is 27.6 Å². The van der Waals surface area contributed by atoms with E-state index in [1.165, 1.54) is 5.20 Å². The fourth-order valence-corrected chi connectivity index (χ4v) is 2.68. The van der Waals surface area contributed by atoms with Crippen molar-refractivity contribution in [3.63, 3.8) is 0 Å². The van der Waals surface area contributed by atoms with Gasteiger partial charge in [0.15, 0.2) is 9.76 Å². The Morgan fingerprint density at radius 1 is 1.43 bits per heavy atom. The predicted molar refractivity (Wildman–Crippen MR) is 68.1 cm³/mol. The molecule has 0 heterocycles. The zero-order chi connectivity index (χ0) is 11.2. The van der Waals surface area contributed by atoms with Crippen molar-refractivity contribution in [1.29, 1.82) is 0 Å². The summed E-state index contributed by atoms with van der Waals surface area (Å²) in [5.41, 5.74) is -0.0519. The number of halogens is 2. The number of alkyl halides is 2. The van der Waals surface area contributed by atoms with Gasteiger partial charge in [-0.05, 0) is 25.0 Å². The molecule has 0 aliphatic heterocycles.